The van der Waals surface area contributed by atoms with Crippen LogP contribution in [-0.4, -0.2) is 56.9 Å². The summed E-state index contributed by atoms with van der Waals surface area (Å²) in [7, 11) is 0. The molecule has 1 N–H and O–H groups in total. The van der Waals surface area contributed by atoms with Gasteiger partial charge >= 0.3 is 0 Å². The number of rotatable bonds is 6. The summed E-state index contributed by atoms with van der Waals surface area (Å²) in [6.45, 7) is 4.07. The molecule has 0 bridgehead atoms. The molecule has 0 aliphatic carbocycles. The molecule has 3 aromatic rings. The molecular weight excluding hydrogens is 467 g/mol. The van der Waals surface area contributed by atoms with Gasteiger partial charge in [-0.25, -0.2) is 4.39 Å². The van der Waals surface area contributed by atoms with Gasteiger partial charge in [-0.3, -0.25) is 19.1 Å². The molecule has 1 saturated heterocycles. The summed E-state index contributed by atoms with van der Waals surface area (Å²) in [5.41, 5.74) is 2.04. The number of aromatic nitrogens is 3. The molecule has 0 unspecified atom stereocenters. The summed E-state index contributed by atoms with van der Waals surface area (Å²) >= 11 is 1.26. The summed E-state index contributed by atoms with van der Waals surface area (Å²) in [6.07, 6.45) is 3.53. The molecule has 35 heavy (non-hydrogen) atoms. The molecule has 2 aliphatic rings. The van der Waals surface area contributed by atoms with Crippen LogP contribution in [0.15, 0.2) is 53.7 Å². The Morgan fingerprint density at radius 2 is 1.83 bits per heavy atom. The highest BCUT2D eigenvalue weighted by Gasteiger charge is 2.29. The number of amides is 2. The van der Waals surface area contributed by atoms with Gasteiger partial charge in [0, 0.05) is 5.69 Å². The second-order valence-corrected chi connectivity index (χ2v) is 9.70. The van der Waals surface area contributed by atoms with Gasteiger partial charge in [0.25, 0.3) is 0 Å². The van der Waals surface area contributed by atoms with Crippen LogP contribution in [0.1, 0.15) is 38.1 Å². The fourth-order valence-corrected chi connectivity index (χ4v) is 5.44. The highest BCUT2D eigenvalue weighted by Crippen LogP contribution is 2.32. The van der Waals surface area contributed by atoms with Crippen LogP contribution in [-0.2, 0) is 9.59 Å². The van der Waals surface area contributed by atoms with Crippen molar-refractivity contribution >= 4 is 35.0 Å². The summed E-state index contributed by atoms with van der Waals surface area (Å²) in [4.78, 5) is 29.2. The number of carbonyl (C=O) groups excluding carboxylic acids is 2. The van der Waals surface area contributed by atoms with E-state index in [1.54, 1.807) is 18.2 Å². The van der Waals surface area contributed by atoms with Crippen LogP contribution < -0.4 is 10.2 Å². The largest absolute Gasteiger partial charge is 0.323 e. The first-order valence-corrected chi connectivity index (χ1v) is 12.8. The molecule has 0 spiro atoms. The number of hydrogen-bond acceptors (Lipinski definition) is 6. The Morgan fingerprint density at radius 3 is 2.60 bits per heavy atom. The van der Waals surface area contributed by atoms with Crippen molar-refractivity contribution in [3.63, 3.8) is 0 Å². The lowest BCUT2D eigenvalue weighted by atomic mass is 10.1. The average molecular weight is 495 g/mol. The van der Waals surface area contributed by atoms with Gasteiger partial charge in [0.05, 0.1) is 23.2 Å². The van der Waals surface area contributed by atoms with Crippen molar-refractivity contribution < 1.29 is 14.0 Å². The van der Waals surface area contributed by atoms with Crippen LogP contribution in [0.5, 0.6) is 0 Å². The van der Waals surface area contributed by atoms with Crippen LogP contribution in [0.3, 0.4) is 0 Å². The third kappa shape index (κ3) is 4.94. The number of likely N-dealkylation sites (tertiary alicyclic amines) is 1. The maximum atomic E-state index is 13.7. The Bertz CT molecular complexity index is 1220. The minimum Gasteiger partial charge on any atom is -0.323 e. The molecule has 1 atom stereocenters. The summed E-state index contributed by atoms with van der Waals surface area (Å²) in [5.74, 6) is 0.0970. The van der Waals surface area contributed by atoms with Gasteiger partial charge < -0.3 is 10.2 Å². The predicted molar refractivity (Wildman–Crippen MR) is 133 cm³/mol. The summed E-state index contributed by atoms with van der Waals surface area (Å²) in [5, 5.41) is 12.3. The van der Waals surface area contributed by atoms with Crippen LogP contribution >= 0.6 is 11.8 Å². The molecule has 8 nitrogen and oxygen atoms in total. The molecule has 10 heteroatoms. The number of benzene rings is 2. The maximum absolute atomic E-state index is 13.7. The number of anilines is 2. The Labute approximate surface area is 207 Å². The maximum Gasteiger partial charge on any atom is 0.244 e. The number of nitrogens with one attached hydrogen (secondary N) is 1. The Balaban J connectivity index is 1.41. The zero-order chi connectivity index (χ0) is 24.4. The van der Waals surface area contributed by atoms with Crippen molar-refractivity contribution in [1.82, 2.24) is 19.7 Å². The van der Waals surface area contributed by atoms with E-state index in [0.29, 0.717) is 16.5 Å². The topological polar surface area (TPSA) is 83.4 Å². The molecule has 2 aliphatic heterocycles. The zero-order valence-corrected chi connectivity index (χ0v) is 20.3. The van der Waals surface area contributed by atoms with E-state index in [2.05, 4.69) is 27.3 Å². The molecular formula is C25H27FN6O2S. The number of para-hydroxylation sites is 2. The molecule has 1 fully saturated rings. The van der Waals surface area contributed by atoms with E-state index in [1.807, 2.05) is 22.8 Å². The first-order chi connectivity index (χ1) is 17.0. The highest BCUT2D eigenvalue weighted by molar-refractivity contribution is 7.99. The van der Waals surface area contributed by atoms with E-state index in [1.165, 1.54) is 35.2 Å². The van der Waals surface area contributed by atoms with E-state index in [4.69, 9.17) is 0 Å². The predicted octanol–water partition coefficient (Wildman–Crippen LogP) is 4.03. The number of nitrogens with zero attached hydrogens (tertiary/aromatic N) is 5. The highest BCUT2D eigenvalue weighted by atomic mass is 32.2. The van der Waals surface area contributed by atoms with Crippen molar-refractivity contribution in [2.45, 2.75) is 37.4 Å². The minimum atomic E-state index is -0.320. The van der Waals surface area contributed by atoms with Crippen molar-refractivity contribution in [1.29, 1.82) is 0 Å². The smallest absolute Gasteiger partial charge is 0.244 e. The average Bonchev–Trinajstić information content (AvgIpc) is 3.31. The Morgan fingerprint density at radius 1 is 1.09 bits per heavy atom. The molecule has 5 rings (SSSR count). The van der Waals surface area contributed by atoms with Gasteiger partial charge in [-0.2, -0.15) is 0 Å². The fourth-order valence-electron chi connectivity index (χ4n) is 4.61. The van der Waals surface area contributed by atoms with Crippen LogP contribution in [0.25, 0.3) is 5.69 Å². The molecule has 182 valence electrons. The van der Waals surface area contributed by atoms with Gasteiger partial charge in [0.1, 0.15) is 12.4 Å². The first kappa shape index (κ1) is 23.5. The van der Waals surface area contributed by atoms with Crippen LogP contribution in [0.2, 0.25) is 0 Å². The van der Waals surface area contributed by atoms with Crippen molar-refractivity contribution in [3.8, 4) is 5.69 Å². The third-order valence-electron chi connectivity index (χ3n) is 6.45. The Hall–Kier alpha value is -3.24. The second kappa shape index (κ2) is 10.2. The summed E-state index contributed by atoms with van der Waals surface area (Å²) < 4.78 is 15.6. The number of fused-ring (bicyclic) bond motifs is 1. The molecule has 3 heterocycles. The minimum absolute atomic E-state index is 0.0237. The van der Waals surface area contributed by atoms with Gasteiger partial charge in [-0.05, 0) is 69.3 Å². The standard InChI is InChI=1S/C25H27FN6O2S/c1-17(30-13-5-2-6-14-30)24-28-29-25(32(24)19-11-9-18(26)10-12-19)35-16-23(34)31-15-22(33)27-20-7-3-4-8-21(20)31/h3-4,7-12,17H,2,5-6,13-16H2,1H3,(H,27,33)/t17-/m0/s1. The fraction of sp³-hybridized carbons (Fsp3) is 0.360. The van der Waals surface area contributed by atoms with Gasteiger partial charge in [0.2, 0.25) is 11.8 Å². The quantitative estimate of drug-likeness (QED) is 0.521. The van der Waals surface area contributed by atoms with Gasteiger partial charge in [0.15, 0.2) is 11.0 Å². The van der Waals surface area contributed by atoms with E-state index < -0.39 is 0 Å². The SMILES string of the molecule is C[C@@H](c1nnc(SCC(=O)N2CC(=O)Nc3ccccc32)n1-c1ccc(F)cc1)N1CCCCC1. The van der Waals surface area contributed by atoms with Crippen molar-refractivity contribution in [2.75, 3.05) is 35.6 Å². The number of halogens is 1. The van der Waals surface area contributed by atoms with E-state index in [-0.39, 0.29) is 36.0 Å². The number of thioether (sulfide) groups is 1. The van der Waals surface area contributed by atoms with Crippen molar-refractivity contribution in [2.24, 2.45) is 0 Å². The first-order valence-electron chi connectivity index (χ1n) is 11.8. The monoisotopic (exact) mass is 494 g/mol. The Kier molecular flexibility index (Phi) is 6.83. The van der Waals surface area contributed by atoms with E-state index >= 15 is 0 Å². The lowest BCUT2D eigenvalue weighted by molar-refractivity contribution is -0.120. The van der Waals surface area contributed by atoms with E-state index in [9.17, 15) is 14.0 Å². The van der Waals surface area contributed by atoms with E-state index in [0.717, 1.165) is 37.4 Å². The summed E-state index contributed by atoms with van der Waals surface area (Å²) in [6, 6.07) is 13.5. The van der Waals surface area contributed by atoms with Crippen LogP contribution in [0.4, 0.5) is 15.8 Å². The molecule has 0 radical (unpaired) electrons. The lowest BCUT2D eigenvalue weighted by Gasteiger charge is -2.32. The molecule has 2 aromatic carbocycles. The molecule has 0 saturated carbocycles. The second-order valence-electron chi connectivity index (χ2n) is 8.76. The van der Waals surface area contributed by atoms with Gasteiger partial charge in [-0.1, -0.05) is 30.3 Å². The third-order valence-corrected chi connectivity index (χ3v) is 7.37. The normalized spacial score (nSPS) is 17.1. The lowest BCUT2D eigenvalue weighted by Crippen LogP contribution is -2.43. The van der Waals surface area contributed by atoms with Crippen molar-refractivity contribution in [3.05, 3.63) is 60.2 Å². The number of hydrogen-bond donors (Lipinski definition) is 1. The number of carbonyl (C=O) groups is 2. The van der Waals surface area contributed by atoms with Crippen LogP contribution in [0, 0.1) is 5.82 Å². The molecule has 1 aromatic heterocycles. The zero-order valence-electron chi connectivity index (χ0n) is 19.5. The molecule has 2 amide bonds. The van der Waals surface area contributed by atoms with Gasteiger partial charge in [-0.15, -0.1) is 10.2 Å². The number of piperidine rings is 1.